The van der Waals surface area contributed by atoms with E-state index >= 15 is 0 Å². The van der Waals surface area contributed by atoms with Crippen molar-refractivity contribution in [2.75, 3.05) is 24.5 Å². The van der Waals surface area contributed by atoms with Crippen molar-refractivity contribution in [3.63, 3.8) is 0 Å². The van der Waals surface area contributed by atoms with Gasteiger partial charge in [0.2, 0.25) is 0 Å². The molecule has 15 heavy (non-hydrogen) atoms. The second-order valence-electron chi connectivity index (χ2n) is 4.14. The van der Waals surface area contributed by atoms with Gasteiger partial charge >= 0.3 is 0 Å². The van der Waals surface area contributed by atoms with E-state index in [1.54, 1.807) is 0 Å². The number of rotatable bonds is 4. The van der Waals surface area contributed by atoms with E-state index in [-0.39, 0.29) is 0 Å². The second kappa shape index (κ2) is 5.17. The molecule has 2 nitrogen and oxygen atoms in total. The molecule has 0 radical (unpaired) electrons. The molecule has 0 amide bonds. The monoisotopic (exact) mass is 204 g/mol. The van der Waals surface area contributed by atoms with Crippen LogP contribution in [0.2, 0.25) is 0 Å². The third-order valence-corrected chi connectivity index (χ3v) is 2.96. The van der Waals surface area contributed by atoms with E-state index in [1.807, 2.05) is 0 Å². The Morgan fingerprint density at radius 3 is 2.80 bits per heavy atom. The number of nitrogens with one attached hydrogen (secondary N) is 1. The molecule has 0 aliphatic carbocycles. The summed E-state index contributed by atoms with van der Waals surface area (Å²) in [5.41, 5.74) is 2.78. The van der Waals surface area contributed by atoms with Gasteiger partial charge in [-0.25, -0.2) is 0 Å². The van der Waals surface area contributed by atoms with Gasteiger partial charge in [-0.1, -0.05) is 19.1 Å². The lowest BCUT2D eigenvalue weighted by Gasteiger charge is -2.18. The zero-order chi connectivity index (χ0) is 10.5. The van der Waals surface area contributed by atoms with Crippen LogP contribution in [0.25, 0.3) is 0 Å². The summed E-state index contributed by atoms with van der Waals surface area (Å²) >= 11 is 0. The number of anilines is 1. The van der Waals surface area contributed by atoms with Gasteiger partial charge in [0.1, 0.15) is 0 Å². The smallest absolute Gasteiger partial charge is 0.0369 e. The van der Waals surface area contributed by atoms with Crippen molar-refractivity contribution in [3.05, 3.63) is 29.8 Å². The van der Waals surface area contributed by atoms with E-state index in [0.29, 0.717) is 0 Å². The van der Waals surface area contributed by atoms with E-state index in [9.17, 15) is 0 Å². The lowest BCUT2D eigenvalue weighted by molar-refractivity contribution is 0.726. The predicted molar refractivity (Wildman–Crippen MR) is 65.3 cm³/mol. The van der Waals surface area contributed by atoms with E-state index in [2.05, 4.69) is 41.4 Å². The molecule has 0 unspecified atom stereocenters. The van der Waals surface area contributed by atoms with Gasteiger partial charge in [0, 0.05) is 25.3 Å². The van der Waals surface area contributed by atoms with Crippen molar-refractivity contribution >= 4 is 5.69 Å². The summed E-state index contributed by atoms with van der Waals surface area (Å²) in [7, 11) is 0. The molecule has 1 aromatic carbocycles. The first kappa shape index (κ1) is 10.5. The molecule has 1 aliphatic rings. The van der Waals surface area contributed by atoms with Crippen molar-refractivity contribution in [3.8, 4) is 0 Å². The number of hydrogen-bond donors (Lipinski definition) is 1. The Bertz CT molecular complexity index is 303. The Balaban J connectivity index is 2.04. The standard InChI is InChI=1S/C13H20N2/c1-2-14-11-12-6-5-7-13(10-12)15-8-3-4-9-15/h5-7,10,14H,2-4,8-9,11H2,1H3. The van der Waals surface area contributed by atoms with Crippen LogP contribution in [-0.4, -0.2) is 19.6 Å². The van der Waals surface area contributed by atoms with Crippen molar-refractivity contribution in [2.45, 2.75) is 26.3 Å². The van der Waals surface area contributed by atoms with Crippen LogP contribution in [0.1, 0.15) is 25.3 Å². The number of hydrogen-bond acceptors (Lipinski definition) is 2. The fourth-order valence-electron chi connectivity index (χ4n) is 2.11. The molecule has 0 atom stereocenters. The molecule has 1 aliphatic heterocycles. The van der Waals surface area contributed by atoms with Crippen molar-refractivity contribution < 1.29 is 0 Å². The summed E-state index contributed by atoms with van der Waals surface area (Å²) in [4.78, 5) is 2.48. The molecule has 1 saturated heterocycles. The van der Waals surface area contributed by atoms with Crippen LogP contribution in [0.5, 0.6) is 0 Å². The molecule has 82 valence electrons. The first-order valence-electron chi connectivity index (χ1n) is 5.95. The Labute approximate surface area is 92.3 Å². The lowest BCUT2D eigenvalue weighted by atomic mass is 10.2. The fraction of sp³-hybridized carbons (Fsp3) is 0.538. The molecular formula is C13H20N2. The van der Waals surface area contributed by atoms with Gasteiger partial charge in [0.25, 0.3) is 0 Å². The Kier molecular flexibility index (Phi) is 3.62. The van der Waals surface area contributed by atoms with Crippen LogP contribution < -0.4 is 10.2 Å². The molecule has 1 aromatic rings. The fourth-order valence-corrected chi connectivity index (χ4v) is 2.11. The largest absolute Gasteiger partial charge is 0.372 e. The van der Waals surface area contributed by atoms with Gasteiger partial charge in [0.15, 0.2) is 0 Å². The average Bonchev–Trinajstić information content (AvgIpc) is 2.80. The molecule has 2 rings (SSSR count). The first-order valence-corrected chi connectivity index (χ1v) is 5.95. The van der Waals surface area contributed by atoms with Crippen LogP contribution in [-0.2, 0) is 6.54 Å². The van der Waals surface area contributed by atoms with Gasteiger partial charge in [-0.2, -0.15) is 0 Å². The maximum Gasteiger partial charge on any atom is 0.0369 e. The van der Waals surface area contributed by atoms with E-state index in [1.165, 1.54) is 37.2 Å². The highest BCUT2D eigenvalue weighted by atomic mass is 15.1. The molecule has 0 spiro atoms. The normalized spacial score (nSPS) is 15.9. The predicted octanol–water partition coefficient (Wildman–Crippen LogP) is 2.40. The maximum absolute atomic E-state index is 3.36. The minimum absolute atomic E-state index is 0.984. The molecule has 1 fully saturated rings. The number of benzene rings is 1. The quantitative estimate of drug-likeness (QED) is 0.810. The highest BCUT2D eigenvalue weighted by molar-refractivity contribution is 5.49. The summed E-state index contributed by atoms with van der Waals surface area (Å²) in [6, 6.07) is 8.90. The van der Waals surface area contributed by atoms with Crippen molar-refractivity contribution in [1.29, 1.82) is 0 Å². The summed E-state index contributed by atoms with van der Waals surface area (Å²) in [6.45, 7) is 6.62. The second-order valence-corrected chi connectivity index (χ2v) is 4.14. The zero-order valence-electron chi connectivity index (χ0n) is 9.50. The molecule has 1 N–H and O–H groups in total. The molecule has 1 heterocycles. The molecule has 2 heteroatoms. The van der Waals surface area contributed by atoms with E-state index < -0.39 is 0 Å². The molecule has 0 aromatic heterocycles. The summed E-state index contributed by atoms with van der Waals surface area (Å²) in [6.07, 6.45) is 2.69. The Morgan fingerprint density at radius 2 is 2.07 bits per heavy atom. The van der Waals surface area contributed by atoms with Gasteiger partial charge in [-0.05, 0) is 37.1 Å². The molecule has 0 saturated carbocycles. The van der Waals surface area contributed by atoms with E-state index in [0.717, 1.165) is 13.1 Å². The lowest BCUT2D eigenvalue weighted by Crippen LogP contribution is -2.18. The molecular weight excluding hydrogens is 184 g/mol. The van der Waals surface area contributed by atoms with Gasteiger partial charge < -0.3 is 10.2 Å². The van der Waals surface area contributed by atoms with Gasteiger partial charge in [0.05, 0.1) is 0 Å². The number of nitrogens with zero attached hydrogens (tertiary/aromatic N) is 1. The summed E-state index contributed by atoms with van der Waals surface area (Å²) in [5, 5.41) is 3.36. The minimum atomic E-state index is 0.984. The third kappa shape index (κ3) is 2.72. The van der Waals surface area contributed by atoms with Crippen molar-refractivity contribution in [2.24, 2.45) is 0 Å². The zero-order valence-corrected chi connectivity index (χ0v) is 9.50. The van der Waals surface area contributed by atoms with Crippen LogP contribution in [0.15, 0.2) is 24.3 Å². The average molecular weight is 204 g/mol. The van der Waals surface area contributed by atoms with Crippen LogP contribution in [0.4, 0.5) is 5.69 Å². The summed E-state index contributed by atoms with van der Waals surface area (Å²) < 4.78 is 0. The highest BCUT2D eigenvalue weighted by Crippen LogP contribution is 2.20. The SMILES string of the molecule is CCNCc1cccc(N2CCCC2)c1. The topological polar surface area (TPSA) is 15.3 Å². The highest BCUT2D eigenvalue weighted by Gasteiger charge is 2.11. The van der Waals surface area contributed by atoms with Crippen LogP contribution in [0.3, 0.4) is 0 Å². The summed E-state index contributed by atoms with van der Waals surface area (Å²) in [5.74, 6) is 0. The maximum atomic E-state index is 3.36. The molecule has 0 bridgehead atoms. The van der Waals surface area contributed by atoms with Crippen molar-refractivity contribution in [1.82, 2.24) is 5.32 Å². The third-order valence-electron chi connectivity index (χ3n) is 2.96. The minimum Gasteiger partial charge on any atom is -0.372 e. The first-order chi connectivity index (χ1) is 7.40. The van der Waals surface area contributed by atoms with Gasteiger partial charge in [-0.15, -0.1) is 0 Å². The Morgan fingerprint density at radius 1 is 1.27 bits per heavy atom. The Hall–Kier alpha value is -1.02. The van der Waals surface area contributed by atoms with Crippen LogP contribution >= 0.6 is 0 Å². The van der Waals surface area contributed by atoms with Gasteiger partial charge in [-0.3, -0.25) is 0 Å². The van der Waals surface area contributed by atoms with E-state index in [4.69, 9.17) is 0 Å². The van der Waals surface area contributed by atoms with Crippen LogP contribution in [0, 0.1) is 0 Å².